The Kier molecular flexibility index (Phi) is 6.75. The highest BCUT2D eigenvalue weighted by atomic mass is 32.2. The number of ketones is 1. The molecule has 3 rings (SSSR count). The number of thioether (sulfide) groups is 1. The predicted octanol–water partition coefficient (Wildman–Crippen LogP) is 3.60. The van der Waals surface area contributed by atoms with Gasteiger partial charge in [0.15, 0.2) is 16.8 Å². The average Bonchev–Trinajstić information content (AvgIpc) is 2.99. The highest BCUT2D eigenvalue weighted by Crippen LogP contribution is 2.27. The topological polar surface area (TPSA) is 94.0 Å². The Hall–Kier alpha value is -2.79. The maximum absolute atomic E-state index is 15.0. The second-order valence-corrected chi connectivity index (χ2v) is 9.03. The van der Waals surface area contributed by atoms with Gasteiger partial charge in [-0.05, 0) is 30.4 Å². The number of hydrogen-bond acceptors (Lipinski definition) is 6. The van der Waals surface area contributed by atoms with Crippen molar-refractivity contribution in [1.29, 1.82) is 0 Å². The lowest BCUT2D eigenvalue weighted by Crippen LogP contribution is -2.17. The first-order chi connectivity index (χ1) is 14.7. The van der Waals surface area contributed by atoms with Gasteiger partial charge in [-0.3, -0.25) is 9.52 Å². The maximum atomic E-state index is 15.0. The van der Waals surface area contributed by atoms with Crippen LogP contribution in [0.4, 0.5) is 14.5 Å². The van der Waals surface area contributed by atoms with Crippen molar-refractivity contribution in [2.45, 2.75) is 29.8 Å². The lowest BCUT2D eigenvalue weighted by atomic mass is 10.1. The molecule has 2 heterocycles. The van der Waals surface area contributed by atoms with E-state index in [0.29, 0.717) is 10.9 Å². The number of Topliss-reactive ketones (excluding diaryl/α,β-unsaturated/α-hetero) is 1. The molecule has 7 nitrogen and oxygen atoms in total. The normalized spacial score (nSPS) is 11.5. The van der Waals surface area contributed by atoms with Crippen LogP contribution >= 0.6 is 11.8 Å². The number of rotatable bonds is 8. The van der Waals surface area contributed by atoms with Crippen LogP contribution in [0.15, 0.2) is 46.7 Å². The van der Waals surface area contributed by atoms with Crippen LogP contribution in [0.1, 0.15) is 28.7 Å². The molecule has 0 fully saturated rings. The van der Waals surface area contributed by atoms with Crippen LogP contribution in [-0.4, -0.2) is 35.0 Å². The van der Waals surface area contributed by atoms with Crippen molar-refractivity contribution < 1.29 is 22.0 Å². The van der Waals surface area contributed by atoms with Crippen LogP contribution in [0.25, 0.3) is 0 Å². The van der Waals surface area contributed by atoms with Gasteiger partial charge in [0, 0.05) is 19.4 Å². The van der Waals surface area contributed by atoms with E-state index in [9.17, 15) is 17.6 Å². The molecule has 0 saturated heterocycles. The molecule has 0 saturated carbocycles. The van der Waals surface area contributed by atoms with E-state index in [2.05, 4.69) is 14.7 Å². The fraction of sp³-hybridized carbons (Fsp3) is 0.250. The molecule has 2 aromatic heterocycles. The molecule has 0 aliphatic rings. The number of anilines is 1. The Morgan fingerprint density at radius 3 is 2.68 bits per heavy atom. The first kappa shape index (κ1) is 22.9. The Morgan fingerprint density at radius 1 is 1.26 bits per heavy atom. The minimum absolute atomic E-state index is 0.190. The van der Waals surface area contributed by atoms with E-state index in [4.69, 9.17) is 0 Å². The monoisotopic (exact) mass is 466 g/mol. The molecule has 0 unspecified atom stereocenters. The molecule has 11 heteroatoms. The average molecular weight is 467 g/mol. The zero-order valence-electron chi connectivity index (χ0n) is 17.0. The summed E-state index contributed by atoms with van der Waals surface area (Å²) in [7, 11) is -3.00. The Balaban J connectivity index is 1.92. The molecule has 0 radical (unpaired) electrons. The number of nitrogens with zero attached hydrogens (tertiary/aromatic N) is 3. The van der Waals surface area contributed by atoms with Crippen molar-refractivity contribution in [2.75, 3.05) is 11.0 Å². The van der Waals surface area contributed by atoms with Crippen molar-refractivity contribution in [3.05, 3.63) is 65.2 Å². The first-order valence-electron chi connectivity index (χ1n) is 9.22. The summed E-state index contributed by atoms with van der Waals surface area (Å²) in [5.74, 6) is -2.56. The fourth-order valence-electron chi connectivity index (χ4n) is 3.14. The number of hydrogen-bond donors (Lipinski definition) is 1. The van der Waals surface area contributed by atoms with Crippen LogP contribution in [-0.2, 0) is 29.9 Å². The van der Waals surface area contributed by atoms with Crippen LogP contribution in [0.5, 0.6) is 0 Å². The highest BCUT2D eigenvalue weighted by Gasteiger charge is 2.27. The Bertz CT molecular complexity index is 1240. The van der Waals surface area contributed by atoms with Gasteiger partial charge in [-0.1, -0.05) is 30.8 Å². The molecule has 31 heavy (non-hydrogen) atoms. The number of carbonyl (C=O) groups is 1. The van der Waals surface area contributed by atoms with Crippen molar-refractivity contribution in [2.24, 2.45) is 7.05 Å². The van der Waals surface area contributed by atoms with Gasteiger partial charge in [0.1, 0.15) is 22.1 Å². The second kappa shape index (κ2) is 9.15. The summed E-state index contributed by atoms with van der Waals surface area (Å²) in [6, 6.07) is 5.46. The van der Waals surface area contributed by atoms with Crippen LogP contribution in [0, 0.1) is 11.6 Å². The van der Waals surface area contributed by atoms with Gasteiger partial charge in [0.2, 0.25) is 0 Å². The number of nitrogens with one attached hydrogen (secondary N) is 1. The van der Waals surface area contributed by atoms with Crippen molar-refractivity contribution in [3.8, 4) is 0 Å². The van der Waals surface area contributed by atoms with Gasteiger partial charge < -0.3 is 4.57 Å². The third-order valence-electron chi connectivity index (χ3n) is 4.54. The lowest BCUT2D eigenvalue weighted by Gasteiger charge is -2.11. The fourth-order valence-corrected chi connectivity index (χ4v) is 4.93. The zero-order chi connectivity index (χ0) is 22.8. The van der Waals surface area contributed by atoms with Crippen molar-refractivity contribution in [1.82, 2.24) is 14.5 Å². The van der Waals surface area contributed by atoms with Gasteiger partial charge in [-0.2, -0.15) is 0 Å². The minimum Gasteiger partial charge on any atom is -0.343 e. The summed E-state index contributed by atoms with van der Waals surface area (Å²) in [6.07, 6.45) is 4.51. The van der Waals surface area contributed by atoms with E-state index in [1.807, 2.05) is 0 Å². The quantitative estimate of drug-likeness (QED) is 0.310. The molecular weight excluding hydrogens is 446 g/mol. The third kappa shape index (κ3) is 4.77. The summed E-state index contributed by atoms with van der Waals surface area (Å²) >= 11 is 1.30. The highest BCUT2D eigenvalue weighted by molar-refractivity contribution is 7.98. The van der Waals surface area contributed by atoms with Crippen LogP contribution < -0.4 is 4.72 Å². The van der Waals surface area contributed by atoms with E-state index >= 15 is 4.39 Å². The summed E-state index contributed by atoms with van der Waals surface area (Å²) in [5, 5.41) is 0.475. The standard InChI is InChI=1S/C20H20F2N4O3S2/c1-4-12-6-5-7-14(21)19(12)31(28,29)25-15-11-26(2)18(17(15)22)16(27)10-13-8-9-23-20(24-13)30-3/h5-9,11,25H,4,10H2,1-3H3. The maximum Gasteiger partial charge on any atom is 0.265 e. The number of benzene rings is 1. The largest absolute Gasteiger partial charge is 0.343 e. The molecule has 0 atom stereocenters. The summed E-state index contributed by atoms with van der Waals surface area (Å²) < 4.78 is 58.1. The molecule has 0 amide bonds. The number of aryl methyl sites for hydroxylation is 2. The smallest absolute Gasteiger partial charge is 0.265 e. The van der Waals surface area contributed by atoms with E-state index in [1.165, 1.54) is 41.7 Å². The van der Waals surface area contributed by atoms with E-state index in [-0.39, 0.29) is 24.1 Å². The molecule has 0 spiro atoms. The van der Waals surface area contributed by atoms with Gasteiger partial charge >= 0.3 is 0 Å². The van der Waals surface area contributed by atoms with Crippen molar-refractivity contribution >= 4 is 33.3 Å². The molecular formula is C20H20F2N4O3S2. The summed E-state index contributed by atoms with van der Waals surface area (Å²) in [5.41, 5.74) is -0.0885. The van der Waals surface area contributed by atoms with Crippen LogP contribution in [0.2, 0.25) is 0 Å². The second-order valence-electron chi connectivity index (χ2n) is 6.64. The van der Waals surface area contributed by atoms with Crippen LogP contribution in [0.3, 0.4) is 0 Å². The van der Waals surface area contributed by atoms with Crippen molar-refractivity contribution in [3.63, 3.8) is 0 Å². The van der Waals surface area contributed by atoms with Gasteiger partial charge in [-0.15, -0.1) is 0 Å². The predicted molar refractivity (Wildman–Crippen MR) is 114 cm³/mol. The molecule has 164 valence electrons. The van der Waals surface area contributed by atoms with E-state index < -0.39 is 38.0 Å². The Morgan fingerprint density at radius 2 is 2.00 bits per heavy atom. The summed E-state index contributed by atoms with van der Waals surface area (Å²) in [4.78, 5) is 20.4. The van der Waals surface area contributed by atoms with Gasteiger partial charge in [-0.25, -0.2) is 27.2 Å². The molecule has 0 aliphatic carbocycles. The number of halogens is 2. The molecule has 3 aromatic rings. The number of carbonyl (C=O) groups excluding carboxylic acids is 1. The molecule has 1 N–H and O–H groups in total. The SMILES string of the molecule is CCc1cccc(F)c1S(=O)(=O)Nc1cn(C)c(C(=O)Cc2ccnc(SC)n2)c1F. The number of sulfonamides is 1. The molecule has 0 bridgehead atoms. The first-order valence-corrected chi connectivity index (χ1v) is 11.9. The van der Waals surface area contributed by atoms with E-state index in [1.54, 1.807) is 19.2 Å². The molecule has 1 aromatic carbocycles. The van der Waals surface area contributed by atoms with Gasteiger partial charge in [0.05, 0.1) is 12.1 Å². The third-order valence-corrected chi connectivity index (χ3v) is 6.59. The lowest BCUT2D eigenvalue weighted by molar-refractivity contribution is 0.0980. The molecule has 0 aliphatic heterocycles. The Labute approximate surface area is 183 Å². The zero-order valence-corrected chi connectivity index (χ0v) is 18.7. The number of aromatic nitrogens is 3. The minimum atomic E-state index is -4.42. The van der Waals surface area contributed by atoms with E-state index in [0.717, 1.165) is 12.3 Å². The summed E-state index contributed by atoms with van der Waals surface area (Å²) in [6.45, 7) is 1.68. The van der Waals surface area contributed by atoms with Gasteiger partial charge in [0.25, 0.3) is 10.0 Å².